The predicted octanol–water partition coefficient (Wildman–Crippen LogP) is 3.76. The number of rotatable bonds is 4. The number of benzene rings is 2. The largest absolute Gasteiger partial charge is 0.484 e. The first-order valence-electron chi connectivity index (χ1n) is 7.31. The molecule has 0 aliphatic rings. The van der Waals surface area contributed by atoms with Crippen molar-refractivity contribution in [3.05, 3.63) is 42.5 Å². The second-order valence-electron chi connectivity index (χ2n) is 6.28. The van der Waals surface area contributed by atoms with Gasteiger partial charge in [-0.3, -0.25) is 4.79 Å². The summed E-state index contributed by atoms with van der Waals surface area (Å²) in [6, 6.07) is 13.8. The summed E-state index contributed by atoms with van der Waals surface area (Å²) in [6.07, 6.45) is 0. The molecule has 2 aromatic carbocycles. The number of amides is 1. The number of nitrogens with zero attached hydrogens (tertiary/aromatic N) is 1. The van der Waals surface area contributed by atoms with Gasteiger partial charge in [0.1, 0.15) is 5.75 Å². The van der Waals surface area contributed by atoms with Crippen LogP contribution < -0.4 is 10.2 Å². The average Bonchev–Trinajstić information content (AvgIpc) is 2.49. The van der Waals surface area contributed by atoms with Crippen LogP contribution in [0.3, 0.4) is 0 Å². The summed E-state index contributed by atoms with van der Waals surface area (Å²) in [5.41, 5.74) is 3.32. The van der Waals surface area contributed by atoms with E-state index in [0.29, 0.717) is 5.75 Å². The van der Waals surface area contributed by atoms with Crippen LogP contribution in [0.5, 0.6) is 5.75 Å². The number of hydrogen-bond acceptors (Lipinski definition) is 3. The molecule has 0 bridgehead atoms. The van der Waals surface area contributed by atoms with Crippen molar-refractivity contribution >= 4 is 22.4 Å². The van der Waals surface area contributed by atoms with E-state index in [9.17, 15) is 4.79 Å². The zero-order chi connectivity index (χ0) is 16.2. The zero-order valence-corrected chi connectivity index (χ0v) is 13.5. The maximum atomic E-state index is 11.8. The van der Waals surface area contributed by atoms with Crippen molar-refractivity contribution < 1.29 is 9.53 Å². The zero-order valence-electron chi connectivity index (χ0n) is 13.5. The Morgan fingerprint density at radius 1 is 1.14 bits per heavy atom. The SMILES string of the molecule is C/C(=N/NC(=O)COc1ccc2ccccc2c1)C(C)(C)C. The molecule has 116 valence electrons. The van der Waals surface area contributed by atoms with Gasteiger partial charge in [-0.25, -0.2) is 5.43 Å². The first-order chi connectivity index (χ1) is 10.4. The third kappa shape index (κ3) is 4.32. The van der Waals surface area contributed by atoms with Gasteiger partial charge < -0.3 is 4.74 Å². The Bertz CT molecular complexity index is 700. The normalized spacial score (nSPS) is 12.3. The van der Waals surface area contributed by atoms with E-state index in [1.54, 1.807) is 0 Å². The first kappa shape index (κ1) is 16.0. The van der Waals surface area contributed by atoms with Crippen LogP contribution in [-0.2, 0) is 4.79 Å². The molecule has 0 aromatic heterocycles. The number of carbonyl (C=O) groups is 1. The Labute approximate surface area is 131 Å². The highest BCUT2D eigenvalue weighted by Crippen LogP contribution is 2.20. The Morgan fingerprint density at radius 2 is 1.82 bits per heavy atom. The molecule has 4 heteroatoms. The molecule has 0 aliphatic heterocycles. The van der Waals surface area contributed by atoms with Crippen molar-refractivity contribution in [3.8, 4) is 5.75 Å². The van der Waals surface area contributed by atoms with Crippen LogP contribution in [0.1, 0.15) is 27.7 Å². The van der Waals surface area contributed by atoms with Gasteiger partial charge in [0.25, 0.3) is 5.91 Å². The Kier molecular flexibility index (Phi) is 4.81. The Morgan fingerprint density at radius 3 is 2.50 bits per heavy atom. The number of hydrogen-bond donors (Lipinski definition) is 1. The van der Waals surface area contributed by atoms with Crippen molar-refractivity contribution in [1.82, 2.24) is 5.43 Å². The molecular formula is C18H22N2O2. The third-order valence-corrected chi connectivity index (χ3v) is 3.52. The summed E-state index contributed by atoms with van der Waals surface area (Å²) in [5, 5.41) is 6.32. The Hall–Kier alpha value is -2.36. The highest BCUT2D eigenvalue weighted by molar-refractivity contribution is 5.88. The van der Waals surface area contributed by atoms with E-state index in [1.165, 1.54) is 0 Å². The number of carbonyl (C=O) groups excluding carboxylic acids is 1. The van der Waals surface area contributed by atoms with Crippen LogP contribution in [0.25, 0.3) is 10.8 Å². The van der Waals surface area contributed by atoms with E-state index in [0.717, 1.165) is 16.5 Å². The summed E-state index contributed by atoms with van der Waals surface area (Å²) < 4.78 is 5.51. The molecule has 0 spiro atoms. The molecule has 22 heavy (non-hydrogen) atoms. The molecule has 0 fully saturated rings. The molecule has 0 radical (unpaired) electrons. The van der Waals surface area contributed by atoms with Gasteiger partial charge in [-0.05, 0) is 29.8 Å². The minimum atomic E-state index is -0.267. The van der Waals surface area contributed by atoms with Gasteiger partial charge in [-0.1, -0.05) is 51.1 Å². The summed E-state index contributed by atoms with van der Waals surface area (Å²) in [4.78, 5) is 11.8. The molecule has 4 nitrogen and oxygen atoms in total. The lowest BCUT2D eigenvalue weighted by molar-refractivity contribution is -0.123. The highest BCUT2D eigenvalue weighted by Gasteiger charge is 2.14. The molecule has 0 saturated heterocycles. The lowest BCUT2D eigenvalue weighted by atomic mass is 9.91. The molecule has 2 rings (SSSR count). The quantitative estimate of drug-likeness (QED) is 0.690. The third-order valence-electron chi connectivity index (χ3n) is 3.52. The molecule has 0 aliphatic carbocycles. The van der Waals surface area contributed by atoms with Crippen LogP contribution in [0.2, 0.25) is 0 Å². The number of fused-ring (bicyclic) bond motifs is 1. The van der Waals surface area contributed by atoms with Crippen LogP contribution in [0, 0.1) is 5.41 Å². The minimum absolute atomic E-state index is 0.0563. The van der Waals surface area contributed by atoms with Gasteiger partial charge in [-0.2, -0.15) is 5.10 Å². The molecule has 1 amide bonds. The molecule has 2 aromatic rings. The molecular weight excluding hydrogens is 276 g/mol. The fourth-order valence-electron chi connectivity index (χ4n) is 1.75. The second kappa shape index (κ2) is 6.60. The molecule has 0 heterocycles. The van der Waals surface area contributed by atoms with E-state index >= 15 is 0 Å². The van der Waals surface area contributed by atoms with E-state index in [-0.39, 0.29) is 17.9 Å². The summed E-state index contributed by atoms with van der Waals surface area (Å²) >= 11 is 0. The van der Waals surface area contributed by atoms with Crippen molar-refractivity contribution in [2.24, 2.45) is 10.5 Å². The van der Waals surface area contributed by atoms with E-state index in [2.05, 4.69) is 10.5 Å². The topological polar surface area (TPSA) is 50.7 Å². The number of nitrogens with one attached hydrogen (secondary N) is 1. The lowest BCUT2D eigenvalue weighted by Crippen LogP contribution is -2.28. The van der Waals surface area contributed by atoms with E-state index < -0.39 is 0 Å². The van der Waals surface area contributed by atoms with Crippen LogP contribution >= 0.6 is 0 Å². The molecule has 0 unspecified atom stereocenters. The Balaban J connectivity index is 1.93. The maximum Gasteiger partial charge on any atom is 0.277 e. The van der Waals surface area contributed by atoms with Crippen molar-refractivity contribution in [2.45, 2.75) is 27.7 Å². The fraction of sp³-hybridized carbons (Fsp3) is 0.333. The standard InChI is InChI=1S/C18H22N2O2/c1-13(18(2,3)4)19-20-17(21)12-22-16-10-9-14-7-5-6-8-15(14)11-16/h5-11H,12H2,1-4H3,(H,20,21)/b19-13-. The van der Waals surface area contributed by atoms with Crippen molar-refractivity contribution in [2.75, 3.05) is 6.61 Å². The maximum absolute atomic E-state index is 11.8. The van der Waals surface area contributed by atoms with Crippen LogP contribution in [0.4, 0.5) is 0 Å². The molecule has 1 N–H and O–H groups in total. The highest BCUT2D eigenvalue weighted by atomic mass is 16.5. The summed E-state index contributed by atoms with van der Waals surface area (Å²) in [5.74, 6) is 0.405. The fourth-order valence-corrected chi connectivity index (χ4v) is 1.75. The van der Waals surface area contributed by atoms with Gasteiger partial charge in [-0.15, -0.1) is 0 Å². The van der Waals surface area contributed by atoms with E-state index in [1.807, 2.05) is 70.2 Å². The van der Waals surface area contributed by atoms with Gasteiger partial charge in [0.15, 0.2) is 6.61 Å². The average molecular weight is 298 g/mol. The van der Waals surface area contributed by atoms with Crippen LogP contribution in [-0.4, -0.2) is 18.2 Å². The molecule has 0 atom stereocenters. The minimum Gasteiger partial charge on any atom is -0.484 e. The summed E-state index contributed by atoms with van der Waals surface area (Å²) in [6.45, 7) is 7.97. The predicted molar refractivity (Wildman–Crippen MR) is 90.1 cm³/mol. The summed E-state index contributed by atoms with van der Waals surface area (Å²) in [7, 11) is 0. The van der Waals surface area contributed by atoms with Gasteiger partial charge in [0, 0.05) is 11.1 Å². The van der Waals surface area contributed by atoms with Crippen molar-refractivity contribution in [1.29, 1.82) is 0 Å². The number of ether oxygens (including phenoxy) is 1. The second-order valence-corrected chi connectivity index (χ2v) is 6.28. The van der Waals surface area contributed by atoms with Gasteiger partial charge >= 0.3 is 0 Å². The van der Waals surface area contributed by atoms with Gasteiger partial charge in [0.2, 0.25) is 0 Å². The van der Waals surface area contributed by atoms with Gasteiger partial charge in [0.05, 0.1) is 0 Å². The smallest absolute Gasteiger partial charge is 0.277 e. The van der Waals surface area contributed by atoms with Crippen LogP contribution in [0.15, 0.2) is 47.6 Å². The van der Waals surface area contributed by atoms with Crippen molar-refractivity contribution in [3.63, 3.8) is 0 Å². The first-order valence-corrected chi connectivity index (χ1v) is 7.31. The number of hydrazone groups is 1. The van der Waals surface area contributed by atoms with E-state index in [4.69, 9.17) is 4.74 Å². The monoisotopic (exact) mass is 298 g/mol. The lowest BCUT2D eigenvalue weighted by Gasteiger charge is -2.17. The molecule has 0 saturated carbocycles.